The fraction of sp³-hybridized carbons (Fsp3) is 0.350. The number of amides is 1. The van der Waals surface area contributed by atoms with Gasteiger partial charge in [-0.25, -0.2) is 8.42 Å². The number of nitrogens with one attached hydrogen (secondary N) is 1. The number of ether oxygens (including phenoxy) is 1. The van der Waals surface area contributed by atoms with Gasteiger partial charge in [0.15, 0.2) is 0 Å². The predicted octanol–water partition coefficient (Wildman–Crippen LogP) is 3.89. The van der Waals surface area contributed by atoms with Crippen LogP contribution in [0.1, 0.15) is 19.8 Å². The Morgan fingerprint density at radius 2 is 1.79 bits per heavy atom. The molecule has 1 amide bonds. The molecule has 0 unspecified atom stereocenters. The lowest BCUT2D eigenvalue weighted by atomic mass is 9.97. The molecule has 2 aromatic carbocycles. The summed E-state index contributed by atoms with van der Waals surface area (Å²) in [7, 11) is -3.54. The molecule has 1 aliphatic rings. The van der Waals surface area contributed by atoms with Crippen molar-refractivity contribution in [2.24, 2.45) is 5.92 Å². The Labute approximate surface area is 174 Å². The van der Waals surface area contributed by atoms with E-state index in [0.717, 1.165) is 4.47 Å². The van der Waals surface area contributed by atoms with Gasteiger partial charge in [-0.3, -0.25) is 4.79 Å². The van der Waals surface area contributed by atoms with E-state index in [1.165, 1.54) is 4.31 Å². The molecule has 1 fully saturated rings. The molecule has 6 nitrogen and oxygen atoms in total. The summed E-state index contributed by atoms with van der Waals surface area (Å²) in [5, 5.41) is 2.92. The highest BCUT2D eigenvalue weighted by atomic mass is 79.9. The highest BCUT2D eigenvalue weighted by Gasteiger charge is 2.32. The Morgan fingerprint density at radius 3 is 2.43 bits per heavy atom. The lowest BCUT2D eigenvalue weighted by Crippen LogP contribution is -2.41. The molecule has 150 valence electrons. The van der Waals surface area contributed by atoms with Crippen LogP contribution in [0.2, 0.25) is 0 Å². The summed E-state index contributed by atoms with van der Waals surface area (Å²) in [5.74, 6) is 0.299. The lowest BCUT2D eigenvalue weighted by molar-refractivity contribution is -0.120. The highest BCUT2D eigenvalue weighted by molar-refractivity contribution is 9.10. The van der Waals surface area contributed by atoms with E-state index in [4.69, 9.17) is 4.74 Å². The van der Waals surface area contributed by atoms with Gasteiger partial charge >= 0.3 is 0 Å². The number of halogens is 1. The van der Waals surface area contributed by atoms with Crippen molar-refractivity contribution in [2.45, 2.75) is 24.7 Å². The number of carbonyl (C=O) groups is 1. The summed E-state index contributed by atoms with van der Waals surface area (Å²) in [4.78, 5) is 12.9. The third kappa shape index (κ3) is 4.74. The van der Waals surface area contributed by atoms with Crippen LogP contribution in [0, 0.1) is 5.92 Å². The number of rotatable bonds is 6. The van der Waals surface area contributed by atoms with E-state index in [9.17, 15) is 13.2 Å². The molecular weight excluding hydrogens is 444 g/mol. The normalized spacial score (nSPS) is 15.9. The Kier molecular flexibility index (Phi) is 6.74. The number of piperidine rings is 1. The molecular formula is C20H23BrN2O4S. The quantitative estimate of drug-likeness (QED) is 0.700. The zero-order valence-electron chi connectivity index (χ0n) is 15.6. The second-order valence-electron chi connectivity index (χ2n) is 6.55. The van der Waals surface area contributed by atoms with Gasteiger partial charge in [0.1, 0.15) is 5.75 Å². The van der Waals surface area contributed by atoms with Gasteiger partial charge in [0, 0.05) is 23.5 Å². The minimum atomic E-state index is -3.54. The van der Waals surface area contributed by atoms with E-state index in [0.29, 0.717) is 44.0 Å². The Hall–Kier alpha value is -1.90. The lowest BCUT2D eigenvalue weighted by Gasteiger charge is -2.30. The van der Waals surface area contributed by atoms with Crippen molar-refractivity contribution in [1.29, 1.82) is 0 Å². The van der Waals surface area contributed by atoms with Crippen molar-refractivity contribution in [2.75, 3.05) is 25.0 Å². The summed E-state index contributed by atoms with van der Waals surface area (Å²) in [6, 6.07) is 13.9. The van der Waals surface area contributed by atoms with E-state index in [1.807, 2.05) is 25.1 Å². The smallest absolute Gasteiger partial charge is 0.243 e. The van der Waals surface area contributed by atoms with Crippen LogP contribution in [-0.2, 0) is 14.8 Å². The summed E-state index contributed by atoms with van der Waals surface area (Å²) < 4.78 is 33.4. The molecule has 3 rings (SSSR count). The number of nitrogens with zero attached hydrogens (tertiary/aromatic N) is 1. The van der Waals surface area contributed by atoms with E-state index >= 15 is 0 Å². The number of hydrogen-bond donors (Lipinski definition) is 1. The van der Waals surface area contributed by atoms with E-state index in [-0.39, 0.29) is 16.7 Å². The number of para-hydroxylation sites is 2. The first-order valence-corrected chi connectivity index (χ1v) is 11.4. The standard InChI is InChI=1S/C20H23BrN2O4S/c1-2-27-19-6-4-3-5-18(19)22-20(24)15-11-13-23(14-12-15)28(25,26)17-9-7-16(21)8-10-17/h3-10,15H,2,11-14H2,1H3,(H,22,24). The van der Waals surface area contributed by atoms with Crippen LogP contribution in [0.25, 0.3) is 0 Å². The van der Waals surface area contributed by atoms with Gasteiger partial charge in [-0.05, 0) is 56.2 Å². The number of hydrogen-bond acceptors (Lipinski definition) is 4. The van der Waals surface area contributed by atoms with Gasteiger partial charge in [-0.15, -0.1) is 0 Å². The molecule has 0 saturated carbocycles. The first-order chi connectivity index (χ1) is 13.4. The highest BCUT2D eigenvalue weighted by Crippen LogP contribution is 2.28. The molecule has 1 aliphatic heterocycles. The molecule has 0 aromatic heterocycles. The molecule has 0 spiro atoms. The zero-order chi connectivity index (χ0) is 20.1. The first kappa shape index (κ1) is 20.8. The van der Waals surface area contributed by atoms with E-state index in [1.54, 1.807) is 30.3 Å². The monoisotopic (exact) mass is 466 g/mol. The van der Waals surface area contributed by atoms with Gasteiger partial charge in [-0.1, -0.05) is 28.1 Å². The van der Waals surface area contributed by atoms with Crippen molar-refractivity contribution >= 4 is 37.5 Å². The molecule has 8 heteroatoms. The van der Waals surface area contributed by atoms with Crippen LogP contribution in [0.3, 0.4) is 0 Å². The van der Waals surface area contributed by atoms with Crippen LogP contribution in [-0.4, -0.2) is 38.3 Å². The first-order valence-electron chi connectivity index (χ1n) is 9.20. The Morgan fingerprint density at radius 1 is 1.14 bits per heavy atom. The van der Waals surface area contributed by atoms with Crippen molar-refractivity contribution in [3.63, 3.8) is 0 Å². The number of anilines is 1. The van der Waals surface area contributed by atoms with Crippen molar-refractivity contribution in [3.05, 3.63) is 53.0 Å². The summed E-state index contributed by atoms with van der Waals surface area (Å²) in [5.41, 5.74) is 0.638. The predicted molar refractivity (Wildman–Crippen MR) is 112 cm³/mol. The second-order valence-corrected chi connectivity index (χ2v) is 9.40. The average molecular weight is 467 g/mol. The third-order valence-corrected chi connectivity index (χ3v) is 7.16. The van der Waals surface area contributed by atoms with Gasteiger partial charge in [-0.2, -0.15) is 4.31 Å². The topological polar surface area (TPSA) is 75.7 Å². The van der Waals surface area contributed by atoms with Crippen LogP contribution in [0.5, 0.6) is 5.75 Å². The van der Waals surface area contributed by atoms with Crippen LogP contribution in [0.4, 0.5) is 5.69 Å². The van der Waals surface area contributed by atoms with Gasteiger partial charge in [0.05, 0.1) is 17.2 Å². The maximum Gasteiger partial charge on any atom is 0.243 e. The van der Waals surface area contributed by atoms with E-state index in [2.05, 4.69) is 21.2 Å². The van der Waals surface area contributed by atoms with Crippen LogP contribution in [0.15, 0.2) is 57.9 Å². The molecule has 1 saturated heterocycles. The van der Waals surface area contributed by atoms with Crippen molar-refractivity contribution in [3.8, 4) is 5.75 Å². The summed E-state index contributed by atoms with van der Waals surface area (Å²) in [6.07, 6.45) is 0.969. The molecule has 2 aromatic rings. The van der Waals surface area contributed by atoms with Crippen LogP contribution < -0.4 is 10.1 Å². The van der Waals surface area contributed by atoms with Gasteiger partial charge in [0.25, 0.3) is 0 Å². The summed E-state index contributed by atoms with van der Waals surface area (Å²) in [6.45, 7) is 3.05. The Bertz CT molecular complexity index is 923. The zero-order valence-corrected chi connectivity index (χ0v) is 18.0. The maximum atomic E-state index is 12.8. The third-order valence-electron chi connectivity index (χ3n) is 4.72. The minimum Gasteiger partial charge on any atom is -0.492 e. The average Bonchev–Trinajstić information content (AvgIpc) is 2.70. The molecule has 1 heterocycles. The molecule has 28 heavy (non-hydrogen) atoms. The second kappa shape index (κ2) is 9.07. The number of carbonyl (C=O) groups excluding carboxylic acids is 1. The molecule has 0 atom stereocenters. The van der Waals surface area contributed by atoms with Gasteiger partial charge < -0.3 is 10.1 Å². The number of benzene rings is 2. The van der Waals surface area contributed by atoms with E-state index < -0.39 is 10.0 Å². The Balaban J connectivity index is 1.62. The van der Waals surface area contributed by atoms with Crippen molar-refractivity contribution < 1.29 is 17.9 Å². The fourth-order valence-corrected chi connectivity index (χ4v) is 4.93. The SMILES string of the molecule is CCOc1ccccc1NC(=O)C1CCN(S(=O)(=O)c2ccc(Br)cc2)CC1. The largest absolute Gasteiger partial charge is 0.492 e. The van der Waals surface area contributed by atoms with Crippen molar-refractivity contribution in [1.82, 2.24) is 4.31 Å². The molecule has 0 aliphatic carbocycles. The minimum absolute atomic E-state index is 0.104. The van der Waals surface area contributed by atoms with Crippen LogP contribution >= 0.6 is 15.9 Å². The number of sulfonamides is 1. The maximum absolute atomic E-state index is 12.8. The fourth-order valence-electron chi connectivity index (χ4n) is 3.20. The molecule has 1 N–H and O–H groups in total. The summed E-state index contributed by atoms with van der Waals surface area (Å²) >= 11 is 3.31. The molecule has 0 bridgehead atoms. The van der Waals surface area contributed by atoms with Gasteiger partial charge in [0.2, 0.25) is 15.9 Å². The molecule has 0 radical (unpaired) electrons.